The Labute approximate surface area is 159 Å². The van der Waals surface area contributed by atoms with Gasteiger partial charge in [0.1, 0.15) is 12.4 Å². The number of nitrogens with one attached hydrogen (secondary N) is 1. The van der Waals surface area contributed by atoms with Crippen LogP contribution in [0.2, 0.25) is 0 Å². The standard InChI is InChI=1S/C21H24N2O4/c1-26-19-11-9-18(10-12-19)22-20(24)17-8-5-13-23(14-17)21(25)27-15-16-6-3-2-4-7-16/h2-4,6-7,9-12,17H,5,8,13-15H2,1H3,(H,22,24). The predicted molar refractivity (Wildman–Crippen MR) is 103 cm³/mol. The van der Waals surface area contributed by atoms with E-state index in [1.54, 1.807) is 36.3 Å². The van der Waals surface area contributed by atoms with E-state index in [-0.39, 0.29) is 24.5 Å². The number of likely N-dealkylation sites (tertiary alicyclic amines) is 1. The minimum atomic E-state index is -0.374. The number of rotatable bonds is 5. The van der Waals surface area contributed by atoms with E-state index in [0.717, 1.165) is 24.2 Å². The first-order valence-electron chi connectivity index (χ1n) is 9.06. The topological polar surface area (TPSA) is 67.9 Å². The maximum absolute atomic E-state index is 12.5. The second-order valence-corrected chi connectivity index (χ2v) is 6.54. The molecule has 1 heterocycles. The van der Waals surface area contributed by atoms with Crippen molar-refractivity contribution in [2.75, 3.05) is 25.5 Å². The number of hydrogen-bond donors (Lipinski definition) is 1. The summed E-state index contributed by atoms with van der Waals surface area (Å²) in [5.74, 6) is 0.406. The van der Waals surface area contributed by atoms with Gasteiger partial charge in [-0.15, -0.1) is 0 Å². The fourth-order valence-electron chi connectivity index (χ4n) is 3.09. The Hall–Kier alpha value is -3.02. The predicted octanol–water partition coefficient (Wildman–Crippen LogP) is 3.68. The van der Waals surface area contributed by atoms with Crippen LogP contribution >= 0.6 is 0 Å². The first-order valence-corrected chi connectivity index (χ1v) is 9.06. The summed E-state index contributed by atoms with van der Waals surface area (Å²) in [6.07, 6.45) is 1.16. The molecule has 2 aromatic carbocycles. The van der Waals surface area contributed by atoms with E-state index < -0.39 is 0 Å². The van der Waals surface area contributed by atoms with E-state index in [4.69, 9.17) is 9.47 Å². The number of nitrogens with zero attached hydrogens (tertiary/aromatic N) is 1. The van der Waals surface area contributed by atoms with Gasteiger partial charge in [-0.3, -0.25) is 4.79 Å². The highest BCUT2D eigenvalue weighted by molar-refractivity contribution is 5.93. The molecule has 1 aliphatic rings. The van der Waals surface area contributed by atoms with Crippen molar-refractivity contribution < 1.29 is 19.1 Å². The summed E-state index contributed by atoms with van der Waals surface area (Å²) in [4.78, 5) is 26.5. The molecule has 27 heavy (non-hydrogen) atoms. The van der Waals surface area contributed by atoms with Crippen LogP contribution in [0.4, 0.5) is 10.5 Å². The Morgan fingerprint density at radius 1 is 1.11 bits per heavy atom. The molecule has 1 N–H and O–H groups in total. The summed E-state index contributed by atoms with van der Waals surface area (Å²) < 4.78 is 10.5. The van der Waals surface area contributed by atoms with Gasteiger partial charge in [0.15, 0.2) is 0 Å². The molecular formula is C21H24N2O4. The molecule has 1 fully saturated rings. The zero-order valence-corrected chi connectivity index (χ0v) is 15.4. The lowest BCUT2D eigenvalue weighted by molar-refractivity contribution is -0.121. The molecule has 6 heteroatoms. The van der Waals surface area contributed by atoms with Crippen LogP contribution in [-0.4, -0.2) is 37.1 Å². The van der Waals surface area contributed by atoms with Crippen LogP contribution < -0.4 is 10.1 Å². The minimum absolute atomic E-state index is 0.0827. The van der Waals surface area contributed by atoms with Gasteiger partial charge < -0.3 is 19.7 Å². The maximum atomic E-state index is 12.5. The molecular weight excluding hydrogens is 344 g/mol. The molecule has 1 aliphatic heterocycles. The molecule has 0 spiro atoms. The Balaban J connectivity index is 1.51. The summed E-state index contributed by atoms with van der Waals surface area (Å²) >= 11 is 0. The molecule has 1 saturated heterocycles. The van der Waals surface area contributed by atoms with E-state index >= 15 is 0 Å². The third-order valence-corrected chi connectivity index (χ3v) is 4.61. The second-order valence-electron chi connectivity index (χ2n) is 6.54. The van der Waals surface area contributed by atoms with Crippen LogP contribution in [-0.2, 0) is 16.1 Å². The van der Waals surface area contributed by atoms with Crippen LogP contribution in [0.3, 0.4) is 0 Å². The lowest BCUT2D eigenvalue weighted by Gasteiger charge is -2.31. The Bertz CT molecular complexity index is 762. The van der Waals surface area contributed by atoms with Gasteiger partial charge in [0.2, 0.25) is 5.91 Å². The van der Waals surface area contributed by atoms with Gasteiger partial charge in [0.05, 0.1) is 13.0 Å². The lowest BCUT2D eigenvalue weighted by Crippen LogP contribution is -2.43. The van der Waals surface area contributed by atoms with Gasteiger partial charge in [-0.05, 0) is 42.7 Å². The Morgan fingerprint density at radius 3 is 2.56 bits per heavy atom. The van der Waals surface area contributed by atoms with E-state index in [1.807, 2.05) is 30.3 Å². The largest absolute Gasteiger partial charge is 0.497 e. The summed E-state index contributed by atoms with van der Waals surface area (Å²) in [5.41, 5.74) is 1.65. The molecule has 2 amide bonds. The highest BCUT2D eigenvalue weighted by Gasteiger charge is 2.29. The van der Waals surface area contributed by atoms with Gasteiger partial charge in [-0.25, -0.2) is 4.79 Å². The second kappa shape index (κ2) is 9.07. The van der Waals surface area contributed by atoms with Gasteiger partial charge in [-0.1, -0.05) is 30.3 Å². The average molecular weight is 368 g/mol. The first-order chi connectivity index (χ1) is 13.2. The summed E-state index contributed by atoms with van der Waals surface area (Å²) in [6, 6.07) is 16.7. The SMILES string of the molecule is COc1ccc(NC(=O)C2CCCN(C(=O)OCc3ccccc3)C2)cc1. The van der Waals surface area contributed by atoms with Crippen LogP contribution in [0.25, 0.3) is 0 Å². The van der Waals surface area contributed by atoms with E-state index in [0.29, 0.717) is 18.8 Å². The number of benzene rings is 2. The van der Waals surface area contributed by atoms with Crippen molar-refractivity contribution in [3.8, 4) is 5.75 Å². The van der Waals surface area contributed by atoms with Crippen LogP contribution in [0.15, 0.2) is 54.6 Å². The third kappa shape index (κ3) is 5.23. The van der Waals surface area contributed by atoms with E-state index in [2.05, 4.69) is 5.32 Å². The molecule has 6 nitrogen and oxygen atoms in total. The fraction of sp³-hybridized carbons (Fsp3) is 0.333. The maximum Gasteiger partial charge on any atom is 0.410 e. The number of carbonyl (C=O) groups excluding carboxylic acids is 2. The normalized spacial score (nSPS) is 16.5. The molecule has 2 aromatic rings. The van der Waals surface area contributed by atoms with Crippen LogP contribution in [0.1, 0.15) is 18.4 Å². The molecule has 1 atom stereocenters. The first kappa shape index (κ1) is 18.8. The summed E-state index contributed by atoms with van der Waals surface area (Å²) in [6.45, 7) is 1.22. The molecule has 0 aliphatic carbocycles. The van der Waals surface area contributed by atoms with E-state index in [9.17, 15) is 9.59 Å². The van der Waals surface area contributed by atoms with Gasteiger partial charge in [0, 0.05) is 18.8 Å². The van der Waals surface area contributed by atoms with Crippen LogP contribution in [0, 0.1) is 5.92 Å². The highest BCUT2D eigenvalue weighted by Crippen LogP contribution is 2.21. The van der Waals surface area contributed by atoms with Crippen molar-refractivity contribution in [3.05, 3.63) is 60.2 Å². The summed E-state index contributed by atoms with van der Waals surface area (Å²) in [7, 11) is 1.60. The van der Waals surface area contributed by atoms with Gasteiger partial charge in [-0.2, -0.15) is 0 Å². The Morgan fingerprint density at radius 2 is 1.85 bits per heavy atom. The molecule has 142 valence electrons. The van der Waals surface area contributed by atoms with Crippen molar-refractivity contribution in [2.24, 2.45) is 5.92 Å². The van der Waals surface area contributed by atoms with Crippen molar-refractivity contribution in [1.29, 1.82) is 0 Å². The Kier molecular flexibility index (Phi) is 6.30. The number of methoxy groups -OCH3 is 1. The van der Waals surface area contributed by atoms with Gasteiger partial charge >= 0.3 is 6.09 Å². The molecule has 3 rings (SSSR count). The molecule has 0 bridgehead atoms. The summed E-state index contributed by atoms with van der Waals surface area (Å²) in [5, 5.41) is 2.91. The van der Waals surface area contributed by atoms with Crippen molar-refractivity contribution >= 4 is 17.7 Å². The zero-order valence-electron chi connectivity index (χ0n) is 15.4. The van der Waals surface area contributed by atoms with Crippen molar-refractivity contribution in [2.45, 2.75) is 19.4 Å². The quantitative estimate of drug-likeness (QED) is 0.874. The number of piperidine rings is 1. The monoisotopic (exact) mass is 368 g/mol. The molecule has 0 radical (unpaired) electrons. The molecule has 1 unspecified atom stereocenters. The van der Waals surface area contributed by atoms with Crippen molar-refractivity contribution in [1.82, 2.24) is 4.90 Å². The van der Waals surface area contributed by atoms with Gasteiger partial charge in [0.25, 0.3) is 0 Å². The smallest absolute Gasteiger partial charge is 0.410 e. The number of carbonyl (C=O) groups is 2. The number of ether oxygens (including phenoxy) is 2. The van der Waals surface area contributed by atoms with Crippen molar-refractivity contribution in [3.63, 3.8) is 0 Å². The fourth-order valence-corrected chi connectivity index (χ4v) is 3.09. The average Bonchev–Trinajstić information content (AvgIpc) is 2.73. The molecule has 0 aromatic heterocycles. The zero-order chi connectivity index (χ0) is 19.1. The minimum Gasteiger partial charge on any atom is -0.497 e. The highest BCUT2D eigenvalue weighted by atomic mass is 16.6. The van der Waals surface area contributed by atoms with E-state index in [1.165, 1.54) is 0 Å². The number of hydrogen-bond acceptors (Lipinski definition) is 4. The van der Waals surface area contributed by atoms with Crippen LogP contribution in [0.5, 0.6) is 5.75 Å². The molecule has 0 saturated carbocycles. The lowest BCUT2D eigenvalue weighted by atomic mass is 9.97. The third-order valence-electron chi connectivity index (χ3n) is 4.61. The number of amides is 2. The number of anilines is 1.